The zero-order valence-electron chi connectivity index (χ0n) is 12.4. The Labute approximate surface area is 148 Å². The monoisotopic (exact) mass is 393 g/mol. The summed E-state index contributed by atoms with van der Waals surface area (Å²) in [6.45, 7) is 1.74. The van der Waals surface area contributed by atoms with E-state index in [0.717, 1.165) is 30.4 Å². The Balaban J connectivity index is 1.90. The highest BCUT2D eigenvalue weighted by molar-refractivity contribution is 9.10. The molecule has 2 aliphatic heterocycles. The molecule has 120 valence electrons. The van der Waals surface area contributed by atoms with Gasteiger partial charge in [-0.3, -0.25) is 19.8 Å². The second kappa shape index (κ2) is 6.80. The van der Waals surface area contributed by atoms with E-state index in [0.29, 0.717) is 5.69 Å². The molecule has 0 radical (unpaired) electrons. The second-order valence-corrected chi connectivity index (χ2v) is 6.82. The number of anilines is 1. The van der Waals surface area contributed by atoms with Crippen LogP contribution in [0, 0.1) is 0 Å². The summed E-state index contributed by atoms with van der Waals surface area (Å²) < 4.78 is 0.907. The van der Waals surface area contributed by atoms with Crippen LogP contribution in [0.5, 0.6) is 0 Å². The fourth-order valence-corrected chi connectivity index (χ4v) is 3.24. The van der Waals surface area contributed by atoms with E-state index >= 15 is 0 Å². The van der Waals surface area contributed by atoms with E-state index < -0.39 is 5.91 Å². The minimum atomic E-state index is -0.432. The Bertz CT molecular complexity index is 681. The van der Waals surface area contributed by atoms with E-state index in [1.165, 1.54) is 11.3 Å². The van der Waals surface area contributed by atoms with E-state index in [4.69, 9.17) is 12.2 Å². The molecule has 1 N–H and O–H groups in total. The van der Waals surface area contributed by atoms with Gasteiger partial charge in [0.05, 0.1) is 5.69 Å². The van der Waals surface area contributed by atoms with Crippen molar-refractivity contribution < 1.29 is 9.59 Å². The Hall–Kier alpha value is -1.73. The molecule has 2 heterocycles. The standard InChI is InChI=1S/C16H16BrN3O2S/c17-11-4-6-12(7-5-11)20-15(22)13(14(21)18-16(20)23)10-19-8-2-1-3-9-19/h4-7,10H,1-3,8-9H2,(H,18,21,23)/b13-10-. The molecule has 0 aromatic heterocycles. The Kier molecular flexibility index (Phi) is 4.77. The number of nitrogens with one attached hydrogen (secondary N) is 1. The van der Waals surface area contributed by atoms with E-state index in [2.05, 4.69) is 21.2 Å². The molecule has 1 aromatic rings. The van der Waals surface area contributed by atoms with Gasteiger partial charge in [-0.2, -0.15) is 0 Å². The summed E-state index contributed by atoms with van der Waals surface area (Å²) in [6, 6.07) is 7.22. The molecule has 0 bridgehead atoms. The highest BCUT2D eigenvalue weighted by Gasteiger charge is 2.35. The fourth-order valence-electron chi connectivity index (χ4n) is 2.70. The number of rotatable bonds is 2. The van der Waals surface area contributed by atoms with Crippen molar-refractivity contribution in [2.24, 2.45) is 0 Å². The summed E-state index contributed by atoms with van der Waals surface area (Å²) in [4.78, 5) is 28.3. The molecule has 0 aliphatic carbocycles. The SMILES string of the molecule is O=C1NC(=S)N(c2ccc(Br)cc2)C(=O)/C1=C\N1CCCCC1. The number of amides is 2. The summed E-state index contributed by atoms with van der Waals surface area (Å²) in [5, 5.41) is 2.71. The maximum atomic E-state index is 12.8. The van der Waals surface area contributed by atoms with E-state index in [9.17, 15) is 9.59 Å². The van der Waals surface area contributed by atoms with Crippen molar-refractivity contribution in [1.29, 1.82) is 0 Å². The number of halogens is 1. The molecule has 2 aliphatic rings. The predicted octanol–water partition coefficient (Wildman–Crippen LogP) is 2.57. The van der Waals surface area contributed by atoms with E-state index in [-0.39, 0.29) is 16.6 Å². The van der Waals surface area contributed by atoms with Crippen LogP contribution in [0.25, 0.3) is 0 Å². The fraction of sp³-hybridized carbons (Fsp3) is 0.312. The van der Waals surface area contributed by atoms with Gasteiger partial charge < -0.3 is 4.90 Å². The Morgan fingerprint density at radius 1 is 1.09 bits per heavy atom. The van der Waals surface area contributed by atoms with E-state index in [1.54, 1.807) is 18.3 Å². The lowest BCUT2D eigenvalue weighted by Gasteiger charge is -2.31. The molecular formula is C16H16BrN3O2S. The number of carbonyl (C=O) groups excluding carboxylic acids is 2. The van der Waals surface area contributed by atoms with Crippen molar-refractivity contribution >= 4 is 50.8 Å². The van der Waals surface area contributed by atoms with Crippen LogP contribution >= 0.6 is 28.1 Å². The largest absolute Gasteiger partial charge is 0.377 e. The predicted molar refractivity (Wildman–Crippen MR) is 95.9 cm³/mol. The maximum absolute atomic E-state index is 12.8. The van der Waals surface area contributed by atoms with Gasteiger partial charge in [-0.25, -0.2) is 0 Å². The third-order valence-corrected chi connectivity index (χ3v) is 4.70. The third-order valence-electron chi connectivity index (χ3n) is 3.89. The van der Waals surface area contributed by atoms with Gasteiger partial charge in [0.1, 0.15) is 5.57 Å². The van der Waals surface area contributed by atoms with Gasteiger partial charge in [-0.15, -0.1) is 0 Å². The van der Waals surface area contributed by atoms with Crippen molar-refractivity contribution in [1.82, 2.24) is 10.2 Å². The van der Waals surface area contributed by atoms with Gasteiger partial charge in [0.15, 0.2) is 5.11 Å². The first-order valence-electron chi connectivity index (χ1n) is 7.47. The highest BCUT2D eigenvalue weighted by atomic mass is 79.9. The summed E-state index contributed by atoms with van der Waals surface area (Å²) >= 11 is 8.54. The van der Waals surface area contributed by atoms with Crippen molar-refractivity contribution in [3.8, 4) is 0 Å². The first-order valence-corrected chi connectivity index (χ1v) is 8.67. The molecule has 2 saturated heterocycles. The van der Waals surface area contributed by atoms with Crippen LogP contribution < -0.4 is 10.2 Å². The van der Waals surface area contributed by atoms with Crippen LogP contribution in [0.1, 0.15) is 19.3 Å². The number of carbonyl (C=O) groups is 2. The number of nitrogens with zero attached hydrogens (tertiary/aromatic N) is 2. The molecule has 0 unspecified atom stereocenters. The maximum Gasteiger partial charge on any atom is 0.271 e. The molecule has 0 spiro atoms. The quantitative estimate of drug-likeness (QED) is 0.476. The summed E-state index contributed by atoms with van der Waals surface area (Å²) in [6.07, 6.45) is 5.02. The molecule has 7 heteroatoms. The molecule has 0 atom stereocenters. The number of benzene rings is 1. The van der Waals surface area contributed by atoms with Gasteiger partial charge in [0, 0.05) is 23.8 Å². The van der Waals surface area contributed by atoms with Crippen molar-refractivity contribution in [2.75, 3.05) is 18.0 Å². The first-order chi connectivity index (χ1) is 11.1. The van der Waals surface area contributed by atoms with Gasteiger partial charge in [0.2, 0.25) is 0 Å². The van der Waals surface area contributed by atoms with Crippen LogP contribution in [-0.2, 0) is 9.59 Å². The minimum absolute atomic E-state index is 0.109. The first kappa shape index (κ1) is 16.1. The lowest BCUT2D eigenvalue weighted by atomic mass is 10.1. The molecule has 0 saturated carbocycles. The number of likely N-dealkylation sites (tertiary alicyclic amines) is 1. The van der Waals surface area contributed by atoms with Crippen LogP contribution in [0.15, 0.2) is 40.5 Å². The van der Waals surface area contributed by atoms with Gasteiger partial charge in [0.25, 0.3) is 11.8 Å². The summed E-state index contributed by atoms with van der Waals surface area (Å²) in [5.74, 6) is -0.814. The zero-order valence-corrected chi connectivity index (χ0v) is 14.8. The Morgan fingerprint density at radius 3 is 2.39 bits per heavy atom. The third kappa shape index (κ3) is 3.45. The number of hydrogen-bond acceptors (Lipinski definition) is 4. The van der Waals surface area contributed by atoms with Crippen LogP contribution in [0.2, 0.25) is 0 Å². The molecule has 1 aromatic carbocycles. The number of hydrogen-bond donors (Lipinski definition) is 1. The Morgan fingerprint density at radius 2 is 1.74 bits per heavy atom. The highest BCUT2D eigenvalue weighted by Crippen LogP contribution is 2.23. The summed E-state index contributed by atoms with van der Waals surface area (Å²) in [5.41, 5.74) is 0.760. The van der Waals surface area contributed by atoms with Crippen molar-refractivity contribution in [3.05, 3.63) is 40.5 Å². The molecule has 5 nitrogen and oxygen atoms in total. The van der Waals surface area contributed by atoms with Crippen LogP contribution in [0.4, 0.5) is 5.69 Å². The smallest absolute Gasteiger partial charge is 0.271 e. The minimum Gasteiger partial charge on any atom is -0.377 e. The van der Waals surface area contributed by atoms with Crippen molar-refractivity contribution in [2.45, 2.75) is 19.3 Å². The van der Waals surface area contributed by atoms with Gasteiger partial charge in [-0.1, -0.05) is 15.9 Å². The molecule has 23 heavy (non-hydrogen) atoms. The zero-order chi connectivity index (χ0) is 16.4. The van der Waals surface area contributed by atoms with Crippen LogP contribution in [-0.4, -0.2) is 34.9 Å². The molecule has 2 amide bonds. The molecule has 2 fully saturated rings. The second-order valence-electron chi connectivity index (χ2n) is 5.52. The average Bonchev–Trinajstić information content (AvgIpc) is 2.54. The summed E-state index contributed by atoms with van der Waals surface area (Å²) in [7, 11) is 0. The normalized spacial score (nSPS) is 20.9. The lowest BCUT2D eigenvalue weighted by Crippen LogP contribution is -2.54. The number of piperidine rings is 1. The van der Waals surface area contributed by atoms with Gasteiger partial charge >= 0.3 is 0 Å². The van der Waals surface area contributed by atoms with E-state index in [1.807, 2.05) is 17.0 Å². The van der Waals surface area contributed by atoms with Crippen molar-refractivity contribution in [3.63, 3.8) is 0 Å². The number of thiocarbonyl (C=S) groups is 1. The van der Waals surface area contributed by atoms with Gasteiger partial charge in [-0.05, 0) is 55.7 Å². The van der Waals surface area contributed by atoms with Crippen LogP contribution in [0.3, 0.4) is 0 Å². The molecular weight excluding hydrogens is 378 g/mol. The lowest BCUT2D eigenvalue weighted by molar-refractivity contribution is -0.122. The average molecular weight is 394 g/mol. The molecule has 3 rings (SSSR count). The topological polar surface area (TPSA) is 52.7 Å².